The lowest BCUT2D eigenvalue weighted by Gasteiger charge is -2.09. The van der Waals surface area contributed by atoms with E-state index in [4.69, 9.17) is 0 Å². The molecule has 0 bridgehead atoms. The van der Waals surface area contributed by atoms with Gasteiger partial charge in [-0.15, -0.1) is 0 Å². The van der Waals surface area contributed by atoms with Gasteiger partial charge in [-0.05, 0) is 61.7 Å². The fourth-order valence-electron chi connectivity index (χ4n) is 2.85. The van der Waals surface area contributed by atoms with Crippen LogP contribution in [-0.2, 0) is 4.79 Å². The quantitative estimate of drug-likeness (QED) is 0.683. The topological polar surface area (TPSA) is 64.0 Å². The fraction of sp³-hybridized carbons (Fsp3) is 0.190. The summed E-state index contributed by atoms with van der Waals surface area (Å²) in [5.74, 6) is -0.0512. The van der Waals surface area contributed by atoms with Crippen molar-refractivity contribution >= 4 is 23.4 Å². The number of anilines is 1. The van der Waals surface area contributed by atoms with Crippen LogP contribution in [0, 0.1) is 20.8 Å². The van der Waals surface area contributed by atoms with Gasteiger partial charge in [0.15, 0.2) is 5.03 Å². The smallest absolute Gasteiger partial charge is 0.287 e. The van der Waals surface area contributed by atoms with E-state index in [0.29, 0.717) is 5.03 Å². The van der Waals surface area contributed by atoms with Crippen LogP contribution in [0.15, 0.2) is 64.7 Å². The molecule has 0 aliphatic heterocycles. The lowest BCUT2D eigenvalue weighted by atomic mass is 10.1. The van der Waals surface area contributed by atoms with Crippen LogP contribution < -0.4 is 10.9 Å². The molecule has 0 aliphatic carbocycles. The number of carbonyl (C=O) groups excluding carboxylic acids is 1. The first-order chi connectivity index (χ1) is 12.9. The van der Waals surface area contributed by atoms with Gasteiger partial charge in [-0.3, -0.25) is 14.2 Å². The number of nitrogens with one attached hydrogen (secondary N) is 1. The Labute approximate surface area is 162 Å². The molecular formula is C21H21N3O2S. The summed E-state index contributed by atoms with van der Waals surface area (Å²) in [7, 11) is 0. The molecule has 1 aromatic heterocycles. The minimum Gasteiger partial charge on any atom is -0.325 e. The van der Waals surface area contributed by atoms with Crippen LogP contribution in [0.3, 0.4) is 0 Å². The van der Waals surface area contributed by atoms with Crippen LogP contribution in [-0.4, -0.2) is 21.2 Å². The van der Waals surface area contributed by atoms with E-state index in [9.17, 15) is 9.59 Å². The largest absolute Gasteiger partial charge is 0.325 e. The van der Waals surface area contributed by atoms with E-state index in [1.165, 1.54) is 0 Å². The van der Waals surface area contributed by atoms with Gasteiger partial charge in [0, 0.05) is 23.8 Å². The van der Waals surface area contributed by atoms with E-state index in [1.807, 2.05) is 63.2 Å². The Kier molecular flexibility index (Phi) is 5.76. The first-order valence-corrected chi connectivity index (χ1v) is 9.56. The number of aromatic nitrogens is 2. The Morgan fingerprint density at radius 1 is 1.07 bits per heavy atom. The summed E-state index contributed by atoms with van der Waals surface area (Å²) in [6, 6.07) is 13.6. The first kappa shape index (κ1) is 18.9. The zero-order valence-corrected chi connectivity index (χ0v) is 16.3. The summed E-state index contributed by atoms with van der Waals surface area (Å²) in [5, 5.41) is 3.17. The van der Waals surface area contributed by atoms with Gasteiger partial charge in [0.25, 0.3) is 5.56 Å². The second-order valence-electron chi connectivity index (χ2n) is 6.46. The molecule has 0 saturated heterocycles. The molecule has 0 saturated carbocycles. The van der Waals surface area contributed by atoms with E-state index in [-0.39, 0.29) is 17.2 Å². The van der Waals surface area contributed by atoms with Crippen molar-refractivity contribution in [2.45, 2.75) is 25.8 Å². The third-order valence-electron chi connectivity index (χ3n) is 3.93. The van der Waals surface area contributed by atoms with Gasteiger partial charge in [0.1, 0.15) is 0 Å². The second kappa shape index (κ2) is 8.22. The molecular weight excluding hydrogens is 358 g/mol. The van der Waals surface area contributed by atoms with Crippen molar-refractivity contribution in [3.05, 3.63) is 81.9 Å². The molecule has 0 unspecified atom stereocenters. The number of rotatable bonds is 5. The molecule has 2 aromatic carbocycles. The van der Waals surface area contributed by atoms with Gasteiger partial charge < -0.3 is 5.32 Å². The van der Waals surface area contributed by atoms with E-state index in [0.717, 1.165) is 39.8 Å². The van der Waals surface area contributed by atoms with Crippen molar-refractivity contribution in [2.75, 3.05) is 11.1 Å². The summed E-state index contributed by atoms with van der Waals surface area (Å²) < 4.78 is 1.55. The van der Waals surface area contributed by atoms with Gasteiger partial charge >= 0.3 is 0 Å². The molecule has 0 spiro atoms. The Morgan fingerprint density at radius 2 is 1.81 bits per heavy atom. The number of benzene rings is 2. The molecule has 1 N–H and O–H groups in total. The molecule has 6 heteroatoms. The summed E-state index contributed by atoms with van der Waals surface area (Å²) in [6.45, 7) is 5.95. The molecule has 0 aliphatic rings. The molecule has 3 aromatic rings. The molecule has 3 rings (SSSR count). The van der Waals surface area contributed by atoms with Crippen LogP contribution in [0.1, 0.15) is 16.7 Å². The van der Waals surface area contributed by atoms with Crippen molar-refractivity contribution in [3.63, 3.8) is 0 Å². The van der Waals surface area contributed by atoms with Crippen LogP contribution in [0.5, 0.6) is 0 Å². The maximum atomic E-state index is 12.7. The molecule has 1 heterocycles. The second-order valence-corrected chi connectivity index (χ2v) is 7.42. The number of nitrogens with zero attached hydrogens (tertiary/aromatic N) is 2. The van der Waals surface area contributed by atoms with Crippen molar-refractivity contribution in [1.82, 2.24) is 9.55 Å². The van der Waals surface area contributed by atoms with Crippen LogP contribution in [0.2, 0.25) is 0 Å². The minimum atomic E-state index is -0.229. The highest BCUT2D eigenvalue weighted by Gasteiger charge is 2.11. The maximum absolute atomic E-state index is 12.7. The third kappa shape index (κ3) is 4.86. The summed E-state index contributed by atoms with van der Waals surface area (Å²) in [6.07, 6.45) is 3.21. The van der Waals surface area contributed by atoms with Crippen LogP contribution >= 0.6 is 11.8 Å². The SMILES string of the molecule is Cc1cc(C)cc(NC(=O)CSc2nccn(-c3cccc(C)c3)c2=O)c1. The number of carbonyl (C=O) groups is 1. The molecule has 27 heavy (non-hydrogen) atoms. The highest BCUT2D eigenvalue weighted by molar-refractivity contribution is 7.99. The molecule has 5 nitrogen and oxygen atoms in total. The third-order valence-corrected chi connectivity index (χ3v) is 4.89. The van der Waals surface area contributed by atoms with Gasteiger partial charge in [-0.25, -0.2) is 4.98 Å². The monoisotopic (exact) mass is 379 g/mol. The summed E-state index contributed by atoms with van der Waals surface area (Å²) in [4.78, 5) is 29.1. The number of aryl methyl sites for hydroxylation is 3. The highest BCUT2D eigenvalue weighted by atomic mass is 32.2. The highest BCUT2D eigenvalue weighted by Crippen LogP contribution is 2.16. The van der Waals surface area contributed by atoms with E-state index in [2.05, 4.69) is 10.3 Å². The normalized spacial score (nSPS) is 10.6. The average molecular weight is 379 g/mol. The van der Waals surface area contributed by atoms with Gasteiger partial charge in [0.2, 0.25) is 5.91 Å². The Bertz CT molecular complexity index is 1020. The number of hydrogen-bond donors (Lipinski definition) is 1. The molecule has 138 valence electrons. The van der Waals surface area contributed by atoms with Gasteiger partial charge in [-0.1, -0.05) is 30.0 Å². The Morgan fingerprint density at radius 3 is 2.52 bits per heavy atom. The zero-order chi connectivity index (χ0) is 19.4. The van der Waals surface area contributed by atoms with E-state index >= 15 is 0 Å². The van der Waals surface area contributed by atoms with Crippen LogP contribution in [0.4, 0.5) is 5.69 Å². The van der Waals surface area contributed by atoms with Crippen molar-refractivity contribution in [2.24, 2.45) is 0 Å². The predicted octanol–water partition coefficient (Wildman–Crippen LogP) is 3.89. The van der Waals surface area contributed by atoms with E-state index in [1.54, 1.807) is 17.0 Å². The molecule has 1 amide bonds. The average Bonchev–Trinajstić information content (AvgIpc) is 2.60. The standard InChI is InChI=1S/C21H21N3O2S/c1-14-5-4-6-18(12-14)24-8-7-22-20(21(24)26)27-13-19(25)23-17-10-15(2)9-16(3)11-17/h4-12H,13H2,1-3H3,(H,23,25). The molecule has 0 radical (unpaired) electrons. The van der Waals surface area contributed by atoms with Crippen molar-refractivity contribution in [3.8, 4) is 5.69 Å². The Balaban J connectivity index is 1.72. The lowest BCUT2D eigenvalue weighted by Crippen LogP contribution is -2.22. The predicted molar refractivity (Wildman–Crippen MR) is 110 cm³/mol. The van der Waals surface area contributed by atoms with Gasteiger partial charge in [-0.2, -0.15) is 0 Å². The minimum absolute atomic E-state index is 0.118. The maximum Gasteiger partial charge on any atom is 0.287 e. The Hall–Kier alpha value is -2.86. The number of thioether (sulfide) groups is 1. The van der Waals surface area contributed by atoms with Crippen LogP contribution in [0.25, 0.3) is 5.69 Å². The van der Waals surface area contributed by atoms with Gasteiger partial charge in [0.05, 0.1) is 5.75 Å². The zero-order valence-electron chi connectivity index (χ0n) is 15.5. The first-order valence-electron chi connectivity index (χ1n) is 8.58. The molecule has 0 fully saturated rings. The van der Waals surface area contributed by atoms with E-state index < -0.39 is 0 Å². The van der Waals surface area contributed by atoms with Crippen molar-refractivity contribution < 1.29 is 4.79 Å². The number of amides is 1. The fourth-order valence-corrected chi connectivity index (χ4v) is 3.55. The summed E-state index contributed by atoms with van der Waals surface area (Å²) >= 11 is 1.14. The van der Waals surface area contributed by atoms with Crippen molar-refractivity contribution in [1.29, 1.82) is 0 Å². The molecule has 0 atom stereocenters. The summed E-state index contributed by atoms with van der Waals surface area (Å²) in [5.41, 5.74) is 4.55. The lowest BCUT2D eigenvalue weighted by molar-refractivity contribution is -0.113. The number of hydrogen-bond acceptors (Lipinski definition) is 4.